The molecule has 4 nitrogen and oxygen atoms in total. The predicted octanol–water partition coefficient (Wildman–Crippen LogP) is 2.72. The third-order valence-electron chi connectivity index (χ3n) is 5.09. The minimum atomic E-state index is -3.37. The fourth-order valence-corrected chi connectivity index (χ4v) is 4.91. The lowest BCUT2D eigenvalue weighted by atomic mass is 10.0. The molecule has 1 atom stereocenters. The second kappa shape index (κ2) is 6.75. The minimum absolute atomic E-state index is 0.423. The molecule has 1 fully saturated rings. The third-order valence-corrected chi connectivity index (χ3v) is 6.98. The molecule has 0 spiro atoms. The first kappa shape index (κ1) is 16.7. The fraction of sp³-hybridized carbons (Fsp3) is 0.556. The van der Waals surface area contributed by atoms with Crippen LogP contribution in [-0.4, -0.2) is 49.8 Å². The van der Waals surface area contributed by atoms with Gasteiger partial charge in [0.15, 0.2) is 0 Å². The number of sulfonamides is 1. The van der Waals surface area contributed by atoms with E-state index in [9.17, 15) is 8.42 Å². The Morgan fingerprint density at radius 2 is 1.78 bits per heavy atom. The van der Waals surface area contributed by atoms with E-state index in [1.165, 1.54) is 19.3 Å². The maximum atomic E-state index is 12.8. The van der Waals surface area contributed by atoms with Gasteiger partial charge >= 0.3 is 0 Å². The first-order chi connectivity index (χ1) is 11.0. The van der Waals surface area contributed by atoms with E-state index in [4.69, 9.17) is 0 Å². The van der Waals surface area contributed by atoms with E-state index in [0.717, 1.165) is 24.2 Å². The van der Waals surface area contributed by atoms with Crippen LogP contribution in [0.2, 0.25) is 0 Å². The van der Waals surface area contributed by atoms with Crippen molar-refractivity contribution in [2.75, 3.05) is 26.2 Å². The van der Waals surface area contributed by atoms with Gasteiger partial charge in [-0.15, -0.1) is 0 Å². The number of nitrogens with zero attached hydrogens (tertiary/aromatic N) is 2. The van der Waals surface area contributed by atoms with Crippen molar-refractivity contribution in [2.24, 2.45) is 0 Å². The molecule has 2 aliphatic rings. The van der Waals surface area contributed by atoms with Crippen molar-refractivity contribution in [1.82, 2.24) is 9.21 Å². The van der Waals surface area contributed by atoms with E-state index >= 15 is 0 Å². The largest absolute Gasteiger partial charge is 0.294 e. The Bertz CT molecular complexity index is 689. The molecule has 1 unspecified atom stereocenters. The zero-order valence-corrected chi connectivity index (χ0v) is 14.8. The van der Waals surface area contributed by atoms with Gasteiger partial charge in [0.25, 0.3) is 0 Å². The summed E-state index contributed by atoms with van der Waals surface area (Å²) >= 11 is 0. The summed E-state index contributed by atoms with van der Waals surface area (Å²) in [5.74, 6) is 0. The van der Waals surface area contributed by atoms with Crippen LogP contribution >= 0.6 is 0 Å². The summed E-state index contributed by atoms with van der Waals surface area (Å²) in [6.45, 7) is 6.77. The van der Waals surface area contributed by atoms with Crippen molar-refractivity contribution in [3.63, 3.8) is 0 Å². The molecule has 1 saturated heterocycles. The lowest BCUT2D eigenvalue weighted by molar-refractivity contribution is 0.150. The summed E-state index contributed by atoms with van der Waals surface area (Å²) in [7, 11) is -3.37. The smallest absolute Gasteiger partial charge is 0.243 e. The molecule has 0 aromatic heterocycles. The van der Waals surface area contributed by atoms with Crippen LogP contribution in [0.5, 0.6) is 0 Å². The summed E-state index contributed by atoms with van der Waals surface area (Å²) in [6, 6.07) is 5.91. The van der Waals surface area contributed by atoms with Gasteiger partial charge < -0.3 is 0 Å². The average molecular weight is 334 g/mol. The Kier molecular flexibility index (Phi) is 4.90. The number of piperazine rings is 1. The number of hydrogen-bond donors (Lipinski definition) is 0. The molecule has 23 heavy (non-hydrogen) atoms. The van der Waals surface area contributed by atoms with Crippen LogP contribution in [-0.2, 0) is 10.0 Å². The van der Waals surface area contributed by atoms with Crippen molar-refractivity contribution in [1.29, 1.82) is 0 Å². The van der Waals surface area contributed by atoms with Crippen LogP contribution in [0, 0.1) is 13.8 Å². The van der Waals surface area contributed by atoms with Gasteiger partial charge in [-0.1, -0.05) is 18.2 Å². The van der Waals surface area contributed by atoms with Crippen LogP contribution < -0.4 is 0 Å². The van der Waals surface area contributed by atoms with Gasteiger partial charge in [-0.25, -0.2) is 8.42 Å². The van der Waals surface area contributed by atoms with Crippen LogP contribution in [0.25, 0.3) is 0 Å². The highest BCUT2D eigenvalue weighted by Gasteiger charge is 2.30. The normalized spacial score (nSPS) is 24.0. The summed E-state index contributed by atoms with van der Waals surface area (Å²) in [5, 5.41) is 0. The Morgan fingerprint density at radius 1 is 1.04 bits per heavy atom. The van der Waals surface area contributed by atoms with E-state index in [-0.39, 0.29) is 0 Å². The van der Waals surface area contributed by atoms with E-state index in [1.807, 2.05) is 19.9 Å². The molecule has 0 bridgehead atoms. The molecular formula is C18H26N2O2S. The van der Waals surface area contributed by atoms with E-state index in [2.05, 4.69) is 17.1 Å². The van der Waals surface area contributed by atoms with Crippen molar-refractivity contribution in [2.45, 2.75) is 44.0 Å². The highest BCUT2D eigenvalue weighted by Crippen LogP contribution is 2.23. The molecule has 0 N–H and O–H groups in total. The number of hydrogen-bond acceptors (Lipinski definition) is 3. The van der Waals surface area contributed by atoms with Gasteiger partial charge in [-0.3, -0.25) is 4.90 Å². The van der Waals surface area contributed by atoms with Crippen molar-refractivity contribution < 1.29 is 8.42 Å². The van der Waals surface area contributed by atoms with Crippen LogP contribution in [0.15, 0.2) is 35.2 Å². The second-order valence-corrected chi connectivity index (χ2v) is 8.55. The third kappa shape index (κ3) is 3.52. The first-order valence-electron chi connectivity index (χ1n) is 8.46. The summed E-state index contributed by atoms with van der Waals surface area (Å²) < 4.78 is 27.3. The molecule has 0 saturated carbocycles. The monoisotopic (exact) mass is 334 g/mol. The van der Waals surface area contributed by atoms with Gasteiger partial charge in [0.1, 0.15) is 0 Å². The van der Waals surface area contributed by atoms with Crippen molar-refractivity contribution in [3.8, 4) is 0 Å². The number of rotatable bonds is 3. The molecule has 1 aliphatic heterocycles. The fourth-order valence-electron chi connectivity index (χ4n) is 3.40. The first-order valence-corrected chi connectivity index (χ1v) is 9.90. The predicted molar refractivity (Wildman–Crippen MR) is 93.0 cm³/mol. The second-order valence-electron chi connectivity index (χ2n) is 6.61. The van der Waals surface area contributed by atoms with Gasteiger partial charge in [-0.05, 0) is 56.4 Å². The molecule has 1 aromatic rings. The summed E-state index contributed by atoms with van der Waals surface area (Å²) in [4.78, 5) is 2.84. The molecule has 126 valence electrons. The van der Waals surface area contributed by atoms with Crippen LogP contribution in [0.1, 0.15) is 30.4 Å². The number of allylic oxidation sites excluding steroid dienone is 1. The molecule has 0 radical (unpaired) electrons. The summed E-state index contributed by atoms with van der Waals surface area (Å²) in [5.41, 5.74) is 2.15. The molecular weight excluding hydrogens is 308 g/mol. The van der Waals surface area contributed by atoms with Crippen LogP contribution in [0.4, 0.5) is 0 Å². The topological polar surface area (TPSA) is 40.6 Å². The van der Waals surface area contributed by atoms with Crippen LogP contribution in [0.3, 0.4) is 0 Å². The zero-order chi connectivity index (χ0) is 16.4. The highest BCUT2D eigenvalue weighted by molar-refractivity contribution is 7.89. The maximum Gasteiger partial charge on any atom is 0.243 e. The highest BCUT2D eigenvalue weighted by atomic mass is 32.2. The molecule has 0 amide bonds. The molecule has 3 rings (SSSR count). The van der Waals surface area contributed by atoms with E-state index in [0.29, 0.717) is 24.0 Å². The standard InChI is InChI=1S/C18H26N2O2S/c1-15-8-9-18(14-16(15)2)23(21,22)20-12-10-19(11-13-20)17-6-4-3-5-7-17/h4,6,8-9,14,17H,3,5,7,10-13H2,1-2H3. The van der Waals surface area contributed by atoms with Gasteiger partial charge in [0.05, 0.1) is 4.90 Å². The minimum Gasteiger partial charge on any atom is -0.294 e. The molecule has 1 heterocycles. The van der Waals surface area contributed by atoms with Crippen molar-refractivity contribution in [3.05, 3.63) is 41.5 Å². The lowest BCUT2D eigenvalue weighted by Crippen LogP contribution is -2.51. The Balaban J connectivity index is 1.69. The Morgan fingerprint density at radius 3 is 2.39 bits per heavy atom. The maximum absolute atomic E-state index is 12.8. The van der Waals surface area contributed by atoms with Gasteiger partial charge in [0.2, 0.25) is 10.0 Å². The van der Waals surface area contributed by atoms with E-state index in [1.54, 1.807) is 16.4 Å². The zero-order valence-electron chi connectivity index (χ0n) is 14.0. The van der Waals surface area contributed by atoms with Gasteiger partial charge in [-0.2, -0.15) is 4.31 Å². The number of benzene rings is 1. The van der Waals surface area contributed by atoms with Crippen molar-refractivity contribution >= 4 is 10.0 Å². The molecule has 5 heteroatoms. The molecule has 1 aliphatic carbocycles. The van der Waals surface area contributed by atoms with E-state index < -0.39 is 10.0 Å². The molecule has 1 aromatic carbocycles. The number of aryl methyl sites for hydroxylation is 2. The lowest BCUT2D eigenvalue weighted by Gasteiger charge is -2.38. The average Bonchev–Trinajstić information content (AvgIpc) is 2.58. The SMILES string of the molecule is Cc1ccc(S(=O)(=O)N2CCN(C3C=CCCC3)CC2)cc1C. The van der Waals surface area contributed by atoms with Gasteiger partial charge in [0, 0.05) is 32.2 Å². The summed E-state index contributed by atoms with van der Waals surface area (Å²) in [6.07, 6.45) is 8.16. The quantitative estimate of drug-likeness (QED) is 0.798. The Labute approximate surface area is 139 Å². The Hall–Kier alpha value is -1.17.